The topological polar surface area (TPSA) is 28.2 Å². The lowest BCUT2D eigenvalue weighted by Crippen LogP contribution is -2.29. The van der Waals surface area contributed by atoms with Gasteiger partial charge in [-0.2, -0.15) is 4.39 Å². The monoisotopic (exact) mass is 197 g/mol. The van der Waals surface area contributed by atoms with Crippen molar-refractivity contribution in [2.75, 3.05) is 26.0 Å². The summed E-state index contributed by atoms with van der Waals surface area (Å²) in [5.74, 6) is -0.452. The summed E-state index contributed by atoms with van der Waals surface area (Å²) in [5.41, 5.74) is 0.770. The van der Waals surface area contributed by atoms with Crippen LogP contribution in [0.25, 0.3) is 0 Å². The van der Waals surface area contributed by atoms with Crippen molar-refractivity contribution in [2.24, 2.45) is 0 Å². The van der Waals surface area contributed by atoms with Crippen molar-refractivity contribution >= 4 is 5.69 Å². The van der Waals surface area contributed by atoms with Crippen LogP contribution >= 0.6 is 0 Å². The predicted molar refractivity (Wildman–Crippen MR) is 55.8 cm³/mol. The molecular formula is C10H16FN3. The van der Waals surface area contributed by atoms with Gasteiger partial charge in [0, 0.05) is 30.5 Å². The van der Waals surface area contributed by atoms with E-state index < -0.39 is 5.95 Å². The summed E-state index contributed by atoms with van der Waals surface area (Å²) in [7, 11) is 4.01. The van der Waals surface area contributed by atoms with Crippen LogP contribution < -0.4 is 5.32 Å². The number of likely N-dealkylation sites (N-methyl/N-ethyl adjacent to an activating group) is 1. The average Bonchev–Trinajstić information content (AvgIpc) is 2.01. The maximum atomic E-state index is 12.7. The molecule has 3 nitrogen and oxygen atoms in total. The Morgan fingerprint density at radius 1 is 1.57 bits per heavy atom. The molecule has 1 N–H and O–H groups in total. The predicted octanol–water partition coefficient (Wildman–Crippen LogP) is 1.58. The maximum Gasteiger partial charge on any atom is 0.214 e. The zero-order valence-electron chi connectivity index (χ0n) is 8.79. The highest BCUT2D eigenvalue weighted by Gasteiger charge is 2.03. The third-order valence-corrected chi connectivity index (χ3v) is 1.78. The Morgan fingerprint density at radius 2 is 2.29 bits per heavy atom. The van der Waals surface area contributed by atoms with Crippen LogP contribution in [0.5, 0.6) is 0 Å². The Morgan fingerprint density at radius 3 is 2.86 bits per heavy atom. The largest absolute Gasteiger partial charge is 0.381 e. The van der Waals surface area contributed by atoms with Crippen LogP contribution in [0.15, 0.2) is 18.3 Å². The van der Waals surface area contributed by atoms with Crippen LogP contribution in [0, 0.1) is 5.95 Å². The summed E-state index contributed by atoms with van der Waals surface area (Å²) in [4.78, 5) is 5.57. The van der Waals surface area contributed by atoms with E-state index in [4.69, 9.17) is 0 Å². The summed E-state index contributed by atoms with van der Waals surface area (Å²) in [6.07, 6.45) is 1.46. The van der Waals surface area contributed by atoms with Gasteiger partial charge in [0.2, 0.25) is 5.95 Å². The molecule has 1 aromatic rings. The summed E-state index contributed by atoms with van der Waals surface area (Å²) in [6.45, 7) is 2.96. The normalized spacial score (nSPS) is 12.9. The van der Waals surface area contributed by atoms with Crippen LogP contribution in [0.3, 0.4) is 0 Å². The van der Waals surface area contributed by atoms with E-state index in [1.165, 1.54) is 12.3 Å². The fourth-order valence-corrected chi connectivity index (χ4v) is 1.37. The minimum absolute atomic E-state index is 0.284. The van der Waals surface area contributed by atoms with Crippen molar-refractivity contribution < 1.29 is 4.39 Å². The van der Waals surface area contributed by atoms with Crippen molar-refractivity contribution in [2.45, 2.75) is 13.0 Å². The van der Waals surface area contributed by atoms with Gasteiger partial charge in [0.05, 0.1) is 0 Å². The second kappa shape index (κ2) is 4.91. The second-order valence-corrected chi connectivity index (χ2v) is 3.67. The highest BCUT2D eigenvalue weighted by molar-refractivity contribution is 5.42. The first-order valence-corrected chi connectivity index (χ1v) is 4.61. The van der Waals surface area contributed by atoms with E-state index in [1.807, 2.05) is 14.1 Å². The van der Waals surface area contributed by atoms with Gasteiger partial charge < -0.3 is 10.2 Å². The van der Waals surface area contributed by atoms with E-state index in [2.05, 4.69) is 22.1 Å². The smallest absolute Gasteiger partial charge is 0.214 e. The molecule has 78 valence electrons. The van der Waals surface area contributed by atoms with Crippen molar-refractivity contribution in [3.05, 3.63) is 24.3 Å². The number of anilines is 1. The standard InChI is InChI=1S/C10H16FN3/c1-8(7-14(2)3)13-9-4-5-12-10(11)6-9/h4-6,8H,7H2,1-3H3,(H,12,13). The number of pyridine rings is 1. The zero-order valence-corrected chi connectivity index (χ0v) is 8.79. The number of nitrogens with one attached hydrogen (secondary N) is 1. The van der Waals surface area contributed by atoms with Gasteiger partial charge in [-0.05, 0) is 27.1 Å². The van der Waals surface area contributed by atoms with Crippen molar-refractivity contribution in [3.63, 3.8) is 0 Å². The third-order valence-electron chi connectivity index (χ3n) is 1.78. The van der Waals surface area contributed by atoms with Crippen LogP contribution in [0.2, 0.25) is 0 Å². The molecule has 0 saturated carbocycles. The Kier molecular flexibility index (Phi) is 3.83. The van der Waals surface area contributed by atoms with Crippen molar-refractivity contribution in [3.8, 4) is 0 Å². The minimum atomic E-state index is -0.452. The van der Waals surface area contributed by atoms with Crippen LogP contribution in [0.4, 0.5) is 10.1 Å². The number of halogens is 1. The van der Waals surface area contributed by atoms with Gasteiger partial charge in [0.25, 0.3) is 0 Å². The molecule has 1 rings (SSSR count). The molecule has 0 aromatic carbocycles. The molecule has 14 heavy (non-hydrogen) atoms. The molecule has 0 amide bonds. The molecule has 0 radical (unpaired) electrons. The lowest BCUT2D eigenvalue weighted by molar-refractivity contribution is 0.392. The molecule has 0 fully saturated rings. The summed E-state index contributed by atoms with van der Waals surface area (Å²) < 4.78 is 12.7. The van der Waals surface area contributed by atoms with Gasteiger partial charge in [-0.15, -0.1) is 0 Å². The summed E-state index contributed by atoms with van der Waals surface area (Å²) >= 11 is 0. The molecule has 0 saturated heterocycles. The number of hydrogen-bond acceptors (Lipinski definition) is 3. The maximum absolute atomic E-state index is 12.7. The molecule has 0 aliphatic carbocycles. The highest BCUT2D eigenvalue weighted by Crippen LogP contribution is 2.08. The molecular weight excluding hydrogens is 181 g/mol. The quantitative estimate of drug-likeness (QED) is 0.743. The van der Waals surface area contributed by atoms with Crippen LogP contribution in [-0.2, 0) is 0 Å². The van der Waals surface area contributed by atoms with Gasteiger partial charge in [-0.25, -0.2) is 4.98 Å². The fourth-order valence-electron chi connectivity index (χ4n) is 1.37. The first-order valence-electron chi connectivity index (χ1n) is 4.61. The average molecular weight is 197 g/mol. The fraction of sp³-hybridized carbons (Fsp3) is 0.500. The van der Waals surface area contributed by atoms with Crippen LogP contribution in [0.1, 0.15) is 6.92 Å². The first-order chi connectivity index (χ1) is 6.58. The van der Waals surface area contributed by atoms with E-state index in [1.54, 1.807) is 6.07 Å². The number of aromatic nitrogens is 1. The second-order valence-electron chi connectivity index (χ2n) is 3.67. The lowest BCUT2D eigenvalue weighted by atomic mass is 10.3. The van der Waals surface area contributed by atoms with E-state index in [-0.39, 0.29) is 6.04 Å². The molecule has 4 heteroatoms. The molecule has 0 aliphatic heterocycles. The van der Waals surface area contributed by atoms with Crippen molar-refractivity contribution in [1.82, 2.24) is 9.88 Å². The Balaban J connectivity index is 2.51. The summed E-state index contributed by atoms with van der Waals surface area (Å²) in [5, 5.41) is 3.19. The molecule has 1 unspecified atom stereocenters. The Bertz CT molecular complexity index is 288. The van der Waals surface area contributed by atoms with E-state index in [0.29, 0.717) is 0 Å². The van der Waals surface area contributed by atoms with E-state index >= 15 is 0 Å². The zero-order chi connectivity index (χ0) is 10.6. The number of hydrogen-bond donors (Lipinski definition) is 1. The van der Waals surface area contributed by atoms with Gasteiger partial charge in [-0.3, -0.25) is 0 Å². The first kappa shape index (κ1) is 10.9. The van der Waals surface area contributed by atoms with E-state index in [0.717, 1.165) is 12.2 Å². The van der Waals surface area contributed by atoms with Crippen LogP contribution in [-0.4, -0.2) is 36.6 Å². The summed E-state index contributed by atoms with van der Waals surface area (Å²) in [6, 6.07) is 3.44. The number of nitrogens with zero attached hydrogens (tertiary/aromatic N) is 2. The molecule has 1 heterocycles. The molecule has 1 aromatic heterocycles. The SMILES string of the molecule is CC(CN(C)C)Nc1ccnc(F)c1. The van der Waals surface area contributed by atoms with E-state index in [9.17, 15) is 4.39 Å². The Labute approximate surface area is 84.0 Å². The molecule has 0 spiro atoms. The molecule has 0 aliphatic rings. The minimum Gasteiger partial charge on any atom is -0.381 e. The molecule has 0 bridgehead atoms. The van der Waals surface area contributed by atoms with Gasteiger partial charge in [-0.1, -0.05) is 0 Å². The third kappa shape index (κ3) is 3.70. The highest BCUT2D eigenvalue weighted by atomic mass is 19.1. The molecule has 1 atom stereocenters. The van der Waals surface area contributed by atoms with Gasteiger partial charge in [0.1, 0.15) is 0 Å². The lowest BCUT2D eigenvalue weighted by Gasteiger charge is -2.19. The van der Waals surface area contributed by atoms with Gasteiger partial charge in [0.15, 0.2) is 0 Å². The van der Waals surface area contributed by atoms with Gasteiger partial charge >= 0.3 is 0 Å². The number of rotatable bonds is 4. The van der Waals surface area contributed by atoms with Crippen molar-refractivity contribution in [1.29, 1.82) is 0 Å². The Hall–Kier alpha value is -1.16.